The summed E-state index contributed by atoms with van der Waals surface area (Å²) in [6.07, 6.45) is 10.4. The highest BCUT2D eigenvalue weighted by atomic mass is 32.2. The predicted molar refractivity (Wildman–Crippen MR) is 138 cm³/mol. The Labute approximate surface area is 213 Å². The second-order valence-electron chi connectivity index (χ2n) is 9.64. The molecule has 0 radical (unpaired) electrons. The van der Waals surface area contributed by atoms with Crippen LogP contribution < -0.4 is 4.72 Å². The summed E-state index contributed by atoms with van der Waals surface area (Å²) in [5.41, 5.74) is 2.26. The lowest BCUT2D eigenvalue weighted by Crippen LogP contribution is -2.32. The summed E-state index contributed by atoms with van der Waals surface area (Å²) in [4.78, 5) is 26.5. The first-order chi connectivity index (χ1) is 17.6. The summed E-state index contributed by atoms with van der Waals surface area (Å²) in [5, 5.41) is 0.612. The standard InChI is InChI=1S/C28H26F2N2O4S/c1-37(35,36)31-28(34)27-26(21-8-4-5-9-25(21)33)22-14-18(17-6-2-3-7-17)11-13-24(22)32(27)16-19-10-12-20(29)15-23(19)30/h4-5,8,10-15,17H,2-3,6-7,9,16H2,1H3,(H,31,34). The van der Waals surface area contributed by atoms with Crippen LogP contribution in [0.4, 0.5) is 8.78 Å². The number of carbonyl (C=O) groups excluding carboxylic acids is 2. The summed E-state index contributed by atoms with van der Waals surface area (Å²) in [7, 11) is -3.95. The molecule has 1 heterocycles. The first kappa shape index (κ1) is 25.1. The second-order valence-corrected chi connectivity index (χ2v) is 11.4. The fraction of sp³-hybridized carbons (Fsp3) is 0.286. The summed E-state index contributed by atoms with van der Waals surface area (Å²) >= 11 is 0. The first-order valence-electron chi connectivity index (χ1n) is 12.1. The van der Waals surface area contributed by atoms with Gasteiger partial charge in [-0.2, -0.15) is 0 Å². The maximum atomic E-state index is 14.7. The highest BCUT2D eigenvalue weighted by molar-refractivity contribution is 7.89. The SMILES string of the molecule is CS(=O)(=O)NC(=O)c1c(C2=CC=CCC2=O)c2cc(C3CCCC3)ccc2n1Cc1ccc(F)cc1F. The van der Waals surface area contributed by atoms with Crippen molar-refractivity contribution in [3.8, 4) is 0 Å². The van der Waals surface area contributed by atoms with Crippen LogP contribution in [0.3, 0.4) is 0 Å². The molecule has 5 rings (SSSR count). The predicted octanol–water partition coefficient (Wildman–Crippen LogP) is 5.23. The maximum absolute atomic E-state index is 14.7. The van der Waals surface area contributed by atoms with E-state index in [2.05, 4.69) is 0 Å². The molecule has 1 N–H and O–H groups in total. The number of nitrogens with zero attached hydrogens (tertiary/aromatic N) is 1. The zero-order valence-corrected chi connectivity index (χ0v) is 21.1. The normalized spacial score (nSPS) is 16.4. The Hall–Kier alpha value is -3.59. The average Bonchev–Trinajstić information content (AvgIpc) is 3.47. The van der Waals surface area contributed by atoms with Crippen LogP contribution in [0, 0.1) is 11.6 Å². The number of ketones is 1. The quantitative estimate of drug-likeness (QED) is 0.479. The number of nitrogens with one attached hydrogen (secondary N) is 1. The lowest BCUT2D eigenvalue weighted by molar-refractivity contribution is -0.113. The molecule has 0 saturated heterocycles. The zero-order valence-electron chi connectivity index (χ0n) is 20.3. The monoisotopic (exact) mass is 524 g/mol. The molecule has 2 aliphatic rings. The Morgan fingerprint density at radius 2 is 1.86 bits per heavy atom. The van der Waals surface area contributed by atoms with Gasteiger partial charge in [-0.3, -0.25) is 9.59 Å². The third-order valence-electron chi connectivity index (χ3n) is 7.02. The number of hydrogen-bond acceptors (Lipinski definition) is 4. The van der Waals surface area contributed by atoms with Crippen LogP contribution in [0.5, 0.6) is 0 Å². The Bertz CT molecular complexity index is 1600. The molecule has 0 unspecified atom stereocenters. The molecule has 1 saturated carbocycles. The molecular formula is C28H26F2N2O4S. The number of carbonyl (C=O) groups is 2. The number of allylic oxidation sites excluding steroid dienone is 4. The first-order valence-corrected chi connectivity index (χ1v) is 14.0. The highest BCUT2D eigenvalue weighted by Crippen LogP contribution is 2.40. The molecule has 2 aromatic carbocycles. The molecule has 1 fully saturated rings. The smallest absolute Gasteiger partial charge is 0.282 e. The van der Waals surface area contributed by atoms with Crippen molar-refractivity contribution >= 4 is 38.2 Å². The van der Waals surface area contributed by atoms with E-state index < -0.39 is 27.6 Å². The van der Waals surface area contributed by atoms with Gasteiger partial charge >= 0.3 is 0 Å². The van der Waals surface area contributed by atoms with Crippen molar-refractivity contribution in [2.75, 3.05) is 6.26 Å². The van der Waals surface area contributed by atoms with Crippen LogP contribution in [0.1, 0.15) is 65.2 Å². The van der Waals surface area contributed by atoms with Gasteiger partial charge < -0.3 is 4.57 Å². The topological polar surface area (TPSA) is 85.2 Å². The van der Waals surface area contributed by atoms with Gasteiger partial charge in [-0.25, -0.2) is 21.9 Å². The largest absolute Gasteiger partial charge is 0.331 e. The minimum Gasteiger partial charge on any atom is -0.331 e. The summed E-state index contributed by atoms with van der Waals surface area (Å²) < 4.78 is 55.9. The molecule has 6 nitrogen and oxygen atoms in total. The fourth-order valence-corrected chi connectivity index (χ4v) is 5.79. The van der Waals surface area contributed by atoms with E-state index in [4.69, 9.17) is 0 Å². The van der Waals surface area contributed by atoms with Crippen molar-refractivity contribution in [1.82, 2.24) is 9.29 Å². The lowest BCUT2D eigenvalue weighted by atomic mass is 9.91. The molecule has 3 aromatic rings. The summed E-state index contributed by atoms with van der Waals surface area (Å²) in [5.74, 6) is -2.33. The van der Waals surface area contributed by atoms with Gasteiger partial charge in [-0.1, -0.05) is 43.2 Å². The molecule has 192 valence electrons. The average molecular weight is 525 g/mol. The van der Waals surface area contributed by atoms with Crippen LogP contribution in [0.2, 0.25) is 0 Å². The number of fused-ring (bicyclic) bond motifs is 1. The fourth-order valence-electron chi connectivity index (χ4n) is 5.36. The number of benzene rings is 2. The minimum absolute atomic E-state index is 0.0670. The molecule has 1 amide bonds. The van der Waals surface area contributed by atoms with Crippen molar-refractivity contribution < 1.29 is 26.8 Å². The van der Waals surface area contributed by atoms with Gasteiger partial charge in [0.2, 0.25) is 10.0 Å². The molecule has 0 aliphatic heterocycles. The third kappa shape index (κ3) is 5.00. The van der Waals surface area contributed by atoms with E-state index in [-0.39, 0.29) is 35.6 Å². The summed E-state index contributed by atoms with van der Waals surface area (Å²) in [6.45, 7) is -0.171. The van der Waals surface area contributed by atoms with Gasteiger partial charge in [0.15, 0.2) is 5.78 Å². The van der Waals surface area contributed by atoms with Crippen LogP contribution in [0.15, 0.2) is 54.6 Å². The van der Waals surface area contributed by atoms with E-state index in [9.17, 15) is 26.8 Å². The minimum atomic E-state index is -3.95. The molecule has 0 spiro atoms. The van der Waals surface area contributed by atoms with Crippen molar-refractivity contribution in [2.45, 2.75) is 44.6 Å². The number of rotatable bonds is 6. The number of sulfonamides is 1. The van der Waals surface area contributed by atoms with Crippen molar-refractivity contribution in [3.05, 3.63) is 88.6 Å². The van der Waals surface area contributed by atoms with E-state index in [0.717, 1.165) is 49.6 Å². The van der Waals surface area contributed by atoms with Crippen molar-refractivity contribution in [1.29, 1.82) is 0 Å². The van der Waals surface area contributed by atoms with E-state index in [0.29, 0.717) is 22.4 Å². The van der Waals surface area contributed by atoms with Gasteiger partial charge in [0.05, 0.1) is 12.8 Å². The lowest BCUT2D eigenvalue weighted by Gasteiger charge is -2.14. The molecule has 9 heteroatoms. The molecule has 37 heavy (non-hydrogen) atoms. The van der Waals surface area contributed by atoms with Crippen LogP contribution in [0.25, 0.3) is 16.5 Å². The van der Waals surface area contributed by atoms with Crippen molar-refractivity contribution in [2.24, 2.45) is 0 Å². The molecule has 0 bridgehead atoms. The second kappa shape index (κ2) is 9.70. The Morgan fingerprint density at radius 1 is 1.11 bits per heavy atom. The van der Waals surface area contributed by atoms with Gasteiger partial charge in [-0.15, -0.1) is 0 Å². The number of aromatic nitrogens is 1. The Morgan fingerprint density at radius 3 is 2.54 bits per heavy atom. The van der Waals surface area contributed by atoms with Crippen molar-refractivity contribution in [3.63, 3.8) is 0 Å². The molecule has 1 aromatic heterocycles. The molecule has 2 aliphatic carbocycles. The Kier molecular flexibility index (Phi) is 6.58. The Balaban J connectivity index is 1.81. The molecular weight excluding hydrogens is 498 g/mol. The molecule has 0 atom stereocenters. The van der Waals surface area contributed by atoms with Crippen LogP contribution >= 0.6 is 0 Å². The number of hydrogen-bond donors (Lipinski definition) is 1. The van der Waals surface area contributed by atoms with Crippen LogP contribution in [-0.2, 0) is 21.4 Å². The number of Topliss-reactive ketones (excluding diaryl/α,β-unsaturated/α-hetero) is 1. The highest BCUT2D eigenvalue weighted by Gasteiger charge is 2.30. The van der Waals surface area contributed by atoms with E-state index in [1.807, 2.05) is 22.9 Å². The van der Waals surface area contributed by atoms with E-state index >= 15 is 0 Å². The van der Waals surface area contributed by atoms with Gasteiger partial charge in [0, 0.05) is 40.1 Å². The zero-order chi connectivity index (χ0) is 26.3. The van der Waals surface area contributed by atoms with E-state index in [1.165, 1.54) is 10.6 Å². The maximum Gasteiger partial charge on any atom is 0.282 e. The van der Waals surface area contributed by atoms with Gasteiger partial charge in [0.1, 0.15) is 17.3 Å². The third-order valence-corrected chi connectivity index (χ3v) is 7.58. The summed E-state index contributed by atoms with van der Waals surface area (Å²) in [6, 6.07) is 8.92. The van der Waals surface area contributed by atoms with Crippen LogP contribution in [-0.4, -0.2) is 30.9 Å². The van der Waals surface area contributed by atoms with E-state index in [1.54, 1.807) is 18.2 Å². The van der Waals surface area contributed by atoms with Gasteiger partial charge in [-0.05, 0) is 42.5 Å². The van der Waals surface area contributed by atoms with Gasteiger partial charge in [0.25, 0.3) is 5.91 Å². The number of halogens is 2. The number of amides is 1.